The number of quaternary nitrogens is 1. The molecule has 0 saturated carbocycles. The molecule has 1 spiro atoms. The van der Waals surface area contributed by atoms with E-state index >= 15 is 0 Å². The molecule has 1 aliphatic carbocycles. The molecule has 1 aromatic carbocycles. The van der Waals surface area contributed by atoms with Crippen molar-refractivity contribution in [2.45, 2.75) is 37.3 Å². The van der Waals surface area contributed by atoms with Gasteiger partial charge in [0.15, 0.2) is 0 Å². The fourth-order valence-electron chi connectivity index (χ4n) is 6.53. The normalized spacial score (nSPS) is 41.8. The number of carboxylic acids is 1. The third-order valence-electron chi connectivity index (χ3n) is 7.56. The number of hydrogen-bond acceptors (Lipinski definition) is 3. The number of rotatable bonds is 2. The van der Waals surface area contributed by atoms with Crippen LogP contribution in [0.1, 0.15) is 25.3 Å². The van der Waals surface area contributed by atoms with Crippen LogP contribution < -0.4 is 5.32 Å². The predicted molar refractivity (Wildman–Crippen MR) is 94.0 cm³/mol. The highest BCUT2D eigenvalue weighted by Gasteiger charge is 2.69. The van der Waals surface area contributed by atoms with Gasteiger partial charge in [-0.2, -0.15) is 0 Å². The Hall–Kier alpha value is -1.85. The van der Waals surface area contributed by atoms with Gasteiger partial charge in [-0.3, -0.25) is 0 Å². The molecule has 5 heteroatoms. The van der Waals surface area contributed by atoms with Crippen molar-refractivity contribution in [3.8, 4) is 0 Å². The summed E-state index contributed by atoms with van der Waals surface area (Å²) in [5, 5.41) is 24.0. The zero-order chi connectivity index (χ0) is 17.6. The molecule has 5 nitrogen and oxygen atoms in total. The molecule has 3 aliphatic heterocycles. The number of carboxylic acid groups (broad SMARTS) is 1. The van der Waals surface area contributed by atoms with Crippen molar-refractivity contribution < 1.29 is 19.5 Å². The third kappa shape index (κ3) is 1.68. The largest absolute Gasteiger partial charge is 0.478 e. The highest BCUT2D eigenvalue weighted by molar-refractivity contribution is 5.92. The zero-order valence-corrected chi connectivity index (χ0v) is 14.7. The summed E-state index contributed by atoms with van der Waals surface area (Å²) < 4.78 is 0.943. The van der Waals surface area contributed by atoms with Gasteiger partial charge in [0, 0.05) is 36.1 Å². The topological polar surface area (TPSA) is 69.6 Å². The van der Waals surface area contributed by atoms with Crippen molar-refractivity contribution in [3.05, 3.63) is 41.1 Å². The summed E-state index contributed by atoms with van der Waals surface area (Å²) in [5.74, 6) is -0.898. The monoisotopic (exact) mass is 341 g/mol. The highest BCUT2D eigenvalue weighted by atomic mass is 16.4. The third-order valence-corrected chi connectivity index (χ3v) is 7.56. The highest BCUT2D eigenvalue weighted by Crippen LogP contribution is 2.63. The van der Waals surface area contributed by atoms with Crippen LogP contribution in [-0.2, 0) is 10.2 Å². The van der Waals surface area contributed by atoms with Gasteiger partial charge >= 0.3 is 5.97 Å². The molecule has 0 aromatic heterocycles. The minimum absolute atomic E-state index is 0.00135. The number of carbonyl (C=O) groups is 1. The fourth-order valence-corrected chi connectivity index (χ4v) is 6.53. The number of aliphatic hydroxyl groups excluding tert-OH is 1. The molecule has 2 fully saturated rings. The molecule has 6 atom stereocenters. The van der Waals surface area contributed by atoms with E-state index in [-0.39, 0.29) is 17.3 Å². The number of nitrogens with one attached hydrogen (secondary N) is 1. The number of piperidine rings is 1. The molecule has 2 bridgehead atoms. The Balaban J connectivity index is 1.81. The molecule has 0 radical (unpaired) electrons. The summed E-state index contributed by atoms with van der Waals surface area (Å²) in [6.45, 7) is 3.71. The Morgan fingerprint density at radius 3 is 2.88 bits per heavy atom. The summed E-state index contributed by atoms with van der Waals surface area (Å²) in [7, 11) is 2.30. The maximum absolute atomic E-state index is 12.3. The lowest BCUT2D eigenvalue weighted by molar-refractivity contribution is -0.933. The van der Waals surface area contributed by atoms with Gasteiger partial charge in [-0.15, -0.1) is 0 Å². The van der Waals surface area contributed by atoms with Gasteiger partial charge in [0.05, 0.1) is 37.2 Å². The molecule has 3 heterocycles. The van der Waals surface area contributed by atoms with Crippen LogP contribution in [-0.4, -0.2) is 52.9 Å². The first kappa shape index (κ1) is 15.4. The number of benzene rings is 1. The quantitative estimate of drug-likeness (QED) is 0.719. The van der Waals surface area contributed by atoms with Gasteiger partial charge in [0.1, 0.15) is 6.04 Å². The average molecular weight is 341 g/mol. The van der Waals surface area contributed by atoms with E-state index in [4.69, 9.17) is 0 Å². The van der Waals surface area contributed by atoms with Crippen LogP contribution in [0.15, 0.2) is 35.5 Å². The van der Waals surface area contributed by atoms with Gasteiger partial charge < -0.3 is 20.0 Å². The van der Waals surface area contributed by atoms with E-state index in [9.17, 15) is 15.0 Å². The van der Waals surface area contributed by atoms with E-state index in [1.165, 1.54) is 5.56 Å². The fraction of sp³-hybridized carbons (Fsp3) is 0.550. The lowest BCUT2D eigenvalue weighted by atomic mass is 9.59. The molecule has 5 rings (SSSR count). The zero-order valence-electron chi connectivity index (χ0n) is 14.7. The van der Waals surface area contributed by atoms with Gasteiger partial charge in [0.25, 0.3) is 0 Å². The first-order valence-corrected chi connectivity index (χ1v) is 9.25. The number of hydrogen-bond donors (Lipinski definition) is 3. The number of aliphatic hydroxyl groups is 1. The van der Waals surface area contributed by atoms with Crippen molar-refractivity contribution in [2.24, 2.45) is 11.8 Å². The van der Waals surface area contributed by atoms with Crippen molar-refractivity contribution >= 4 is 11.7 Å². The van der Waals surface area contributed by atoms with E-state index in [0.717, 1.165) is 41.8 Å². The Morgan fingerprint density at radius 2 is 2.16 bits per heavy atom. The number of aliphatic carboxylic acids is 1. The van der Waals surface area contributed by atoms with Gasteiger partial charge in [-0.05, 0) is 18.6 Å². The van der Waals surface area contributed by atoms with Crippen molar-refractivity contribution in [1.29, 1.82) is 0 Å². The number of para-hydroxylation sites is 1. The summed E-state index contributed by atoms with van der Waals surface area (Å²) in [4.78, 5) is 12.3. The molecule has 3 N–H and O–H groups in total. The molecule has 132 valence electrons. The van der Waals surface area contributed by atoms with Gasteiger partial charge in [0.2, 0.25) is 0 Å². The molecule has 1 aromatic rings. The SMILES string of the molecule is C[C@@H](O)[C@H]1C[N@+]2(C)CC[C@]34C(=C(C(=O)O)[C@H]1C[C@@H]32)Nc1ccccc14. The Labute approximate surface area is 147 Å². The summed E-state index contributed by atoms with van der Waals surface area (Å²) in [6, 6.07) is 8.70. The van der Waals surface area contributed by atoms with Crippen LogP contribution in [0.4, 0.5) is 5.69 Å². The molecule has 0 unspecified atom stereocenters. The molecule has 2 saturated heterocycles. The number of anilines is 1. The van der Waals surface area contributed by atoms with Crippen molar-refractivity contribution in [2.75, 3.05) is 25.5 Å². The number of likely N-dealkylation sites (N-methyl/N-ethyl adjacent to an activating group) is 1. The number of nitrogens with zero attached hydrogens (tertiary/aromatic N) is 1. The van der Waals surface area contributed by atoms with E-state index in [1.807, 2.05) is 13.0 Å². The van der Waals surface area contributed by atoms with E-state index in [1.54, 1.807) is 0 Å². The second kappa shape index (κ2) is 4.65. The first-order valence-electron chi connectivity index (χ1n) is 9.25. The van der Waals surface area contributed by atoms with Crippen LogP contribution >= 0.6 is 0 Å². The lowest BCUT2D eigenvalue weighted by Gasteiger charge is -2.54. The summed E-state index contributed by atoms with van der Waals surface area (Å²) in [6.07, 6.45) is 1.34. The summed E-state index contributed by atoms with van der Waals surface area (Å²) >= 11 is 0. The lowest BCUT2D eigenvalue weighted by Crippen LogP contribution is -2.65. The average Bonchev–Trinajstić information content (AvgIpc) is 3.07. The molecule has 25 heavy (non-hydrogen) atoms. The Kier molecular flexibility index (Phi) is 2.87. The van der Waals surface area contributed by atoms with Crippen LogP contribution in [0.25, 0.3) is 0 Å². The van der Waals surface area contributed by atoms with Gasteiger partial charge in [-0.25, -0.2) is 4.79 Å². The smallest absolute Gasteiger partial charge is 0.333 e. The Bertz CT molecular complexity index is 817. The minimum atomic E-state index is -0.827. The van der Waals surface area contributed by atoms with E-state index in [0.29, 0.717) is 11.6 Å². The van der Waals surface area contributed by atoms with Crippen molar-refractivity contribution in [1.82, 2.24) is 0 Å². The first-order chi connectivity index (χ1) is 11.9. The van der Waals surface area contributed by atoms with Crippen LogP contribution in [0.2, 0.25) is 0 Å². The second-order valence-corrected chi connectivity index (χ2v) is 8.63. The standard InChI is InChI=1S/C20H24N2O3/c1-11(23)13-10-22(2)8-7-20-14-5-3-4-6-15(14)21-18(20)17(19(24)25)12(13)9-16(20)22/h3-6,11-13,16,21,23H,7-10H2,1-2H3/p+1/t11-,12+,13-,16+,20-,22+/m1/s1. The number of fused-ring (bicyclic) bond motifs is 2. The van der Waals surface area contributed by atoms with Crippen LogP contribution in [0.5, 0.6) is 0 Å². The van der Waals surface area contributed by atoms with E-state index < -0.39 is 12.1 Å². The van der Waals surface area contributed by atoms with Gasteiger partial charge in [-0.1, -0.05) is 18.2 Å². The van der Waals surface area contributed by atoms with Crippen molar-refractivity contribution in [3.63, 3.8) is 0 Å². The van der Waals surface area contributed by atoms with Crippen LogP contribution in [0.3, 0.4) is 0 Å². The Morgan fingerprint density at radius 1 is 1.40 bits per heavy atom. The molecular formula is C20H25N2O3+. The summed E-state index contributed by atoms with van der Waals surface area (Å²) in [5.41, 5.74) is 3.57. The maximum atomic E-state index is 12.3. The van der Waals surface area contributed by atoms with E-state index in [2.05, 4.69) is 30.6 Å². The second-order valence-electron chi connectivity index (χ2n) is 8.63. The minimum Gasteiger partial charge on any atom is -0.478 e. The molecule has 4 aliphatic rings. The molecular weight excluding hydrogens is 316 g/mol. The van der Waals surface area contributed by atoms with Crippen LogP contribution in [0, 0.1) is 11.8 Å². The maximum Gasteiger partial charge on any atom is 0.333 e. The molecule has 0 amide bonds. The predicted octanol–water partition coefficient (Wildman–Crippen LogP) is 1.94.